The van der Waals surface area contributed by atoms with Crippen molar-refractivity contribution in [1.29, 1.82) is 0 Å². The molecule has 0 aliphatic rings. The van der Waals surface area contributed by atoms with E-state index in [-0.39, 0.29) is 0 Å². The van der Waals surface area contributed by atoms with E-state index in [1.807, 2.05) is 31.2 Å². The topological polar surface area (TPSA) is 12.0 Å². The molecule has 0 amide bonds. The van der Waals surface area contributed by atoms with Crippen molar-refractivity contribution >= 4 is 0 Å². The smallest absolute Gasteiger partial charge is 0.138 e. The summed E-state index contributed by atoms with van der Waals surface area (Å²) in [5.74, 6) is 0. The average molecular weight is 181 g/mol. The second-order valence-corrected chi connectivity index (χ2v) is 3.08. The molecule has 1 aromatic rings. The molecule has 1 aromatic carbocycles. The summed E-state index contributed by atoms with van der Waals surface area (Å²) >= 11 is 0. The Balaban J connectivity index is 2.85. The van der Waals surface area contributed by atoms with Gasteiger partial charge in [0.15, 0.2) is 0 Å². The predicted molar refractivity (Wildman–Crippen MR) is 53.6 cm³/mol. The van der Waals surface area contributed by atoms with Crippen LogP contribution in [0.5, 0.6) is 0 Å². The maximum Gasteiger partial charge on any atom is 0.138 e. The Morgan fingerprint density at radius 2 is 2.08 bits per heavy atom. The van der Waals surface area contributed by atoms with Gasteiger partial charge < -0.3 is 5.32 Å². The molecule has 1 N–H and O–H groups in total. The molecule has 1 unspecified atom stereocenters. The second-order valence-electron chi connectivity index (χ2n) is 3.08. The van der Waals surface area contributed by atoms with Gasteiger partial charge in [0, 0.05) is 6.54 Å². The lowest BCUT2D eigenvalue weighted by Crippen LogP contribution is -2.14. The molecule has 0 bridgehead atoms. The maximum atomic E-state index is 13.5. The van der Waals surface area contributed by atoms with E-state index in [1.54, 1.807) is 7.05 Å². The van der Waals surface area contributed by atoms with Crippen LogP contribution in [0.25, 0.3) is 0 Å². The molecule has 1 rings (SSSR count). The summed E-state index contributed by atoms with van der Waals surface area (Å²) in [5, 5.41) is 2.84. The molecule has 0 radical (unpaired) electrons. The summed E-state index contributed by atoms with van der Waals surface area (Å²) < 4.78 is 13.5. The molecule has 2 heteroatoms. The first-order valence-corrected chi connectivity index (χ1v) is 4.66. The van der Waals surface area contributed by atoms with E-state index in [9.17, 15) is 4.39 Å². The number of aryl methyl sites for hydroxylation is 1. The van der Waals surface area contributed by atoms with Crippen molar-refractivity contribution < 1.29 is 4.39 Å². The van der Waals surface area contributed by atoms with Crippen LogP contribution in [0.1, 0.15) is 24.2 Å². The largest absolute Gasteiger partial charge is 0.317 e. The fourth-order valence-electron chi connectivity index (χ4n) is 1.45. The molecule has 0 aliphatic carbocycles. The molecule has 1 atom stereocenters. The van der Waals surface area contributed by atoms with Crippen LogP contribution >= 0.6 is 0 Å². The predicted octanol–water partition coefficient (Wildman–Crippen LogP) is 2.48. The van der Waals surface area contributed by atoms with Crippen molar-refractivity contribution in [3.63, 3.8) is 0 Å². The zero-order valence-corrected chi connectivity index (χ0v) is 8.18. The van der Waals surface area contributed by atoms with E-state index in [0.29, 0.717) is 6.54 Å². The maximum absolute atomic E-state index is 13.5. The van der Waals surface area contributed by atoms with Gasteiger partial charge in [0.2, 0.25) is 0 Å². The zero-order chi connectivity index (χ0) is 9.68. The summed E-state index contributed by atoms with van der Waals surface area (Å²) in [6.45, 7) is 2.43. The summed E-state index contributed by atoms with van der Waals surface area (Å²) in [6, 6.07) is 7.68. The monoisotopic (exact) mass is 181 g/mol. The van der Waals surface area contributed by atoms with Crippen molar-refractivity contribution in [2.45, 2.75) is 19.5 Å². The summed E-state index contributed by atoms with van der Waals surface area (Å²) in [7, 11) is 1.77. The van der Waals surface area contributed by atoms with Gasteiger partial charge in [-0.2, -0.15) is 0 Å². The van der Waals surface area contributed by atoms with Crippen molar-refractivity contribution in [1.82, 2.24) is 5.32 Å². The van der Waals surface area contributed by atoms with Crippen LogP contribution in [-0.4, -0.2) is 13.6 Å². The Hall–Kier alpha value is -0.890. The highest BCUT2D eigenvalue weighted by Gasteiger charge is 2.11. The molecule has 0 heterocycles. The minimum Gasteiger partial charge on any atom is -0.317 e. The van der Waals surface area contributed by atoms with E-state index in [2.05, 4.69) is 5.32 Å². The first-order valence-electron chi connectivity index (χ1n) is 4.66. The Kier molecular flexibility index (Phi) is 3.90. The first-order chi connectivity index (χ1) is 6.29. The van der Waals surface area contributed by atoms with E-state index in [0.717, 1.165) is 17.5 Å². The average Bonchev–Trinajstić information content (AvgIpc) is 2.18. The van der Waals surface area contributed by atoms with E-state index >= 15 is 0 Å². The van der Waals surface area contributed by atoms with Gasteiger partial charge >= 0.3 is 0 Å². The third-order valence-electron chi connectivity index (χ3n) is 2.16. The number of halogens is 1. The minimum atomic E-state index is -0.888. The third-order valence-corrected chi connectivity index (χ3v) is 2.16. The van der Waals surface area contributed by atoms with Crippen LogP contribution < -0.4 is 5.32 Å². The fourth-order valence-corrected chi connectivity index (χ4v) is 1.45. The second kappa shape index (κ2) is 4.97. The molecule has 13 heavy (non-hydrogen) atoms. The number of likely N-dealkylation sites (N-methyl/N-ethyl adjacent to an activating group) is 1. The lowest BCUT2D eigenvalue weighted by molar-refractivity contribution is 0.334. The van der Waals surface area contributed by atoms with Crippen LogP contribution in [0.15, 0.2) is 24.3 Å². The van der Waals surface area contributed by atoms with Gasteiger partial charge in [-0.1, -0.05) is 31.2 Å². The van der Waals surface area contributed by atoms with Crippen LogP contribution in [-0.2, 0) is 6.42 Å². The standard InChI is InChI=1S/C11H16FN/c1-3-9-6-4-5-7-10(9)11(12)8-13-2/h4-7,11,13H,3,8H2,1-2H3. The van der Waals surface area contributed by atoms with Crippen molar-refractivity contribution in [3.05, 3.63) is 35.4 Å². The first kappa shape index (κ1) is 10.2. The quantitative estimate of drug-likeness (QED) is 0.752. The van der Waals surface area contributed by atoms with Gasteiger partial charge in [0.05, 0.1) is 0 Å². The highest BCUT2D eigenvalue weighted by molar-refractivity contribution is 5.29. The van der Waals surface area contributed by atoms with Crippen LogP contribution in [0.2, 0.25) is 0 Å². The number of rotatable bonds is 4. The van der Waals surface area contributed by atoms with Crippen LogP contribution in [0, 0.1) is 0 Å². The van der Waals surface area contributed by atoms with Gasteiger partial charge in [0.1, 0.15) is 6.17 Å². The highest BCUT2D eigenvalue weighted by atomic mass is 19.1. The SMILES string of the molecule is CCc1ccccc1C(F)CNC. The number of alkyl halides is 1. The molecule has 1 nitrogen and oxygen atoms in total. The van der Waals surface area contributed by atoms with Crippen molar-refractivity contribution in [2.75, 3.05) is 13.6 Å². The van der Waals surface area contributed by atoms with E-state index in [4.69, 9.17) is 0 Å². The molecule has 0 saturated carbocycles. The van der Waals surface area contributed by atoms with Crippen molar-refractivity contribution in [2.24, 2.45) is 0 Å². The molecule has 0 aromatic heterocycles. The molecular weight excluding hydrogens is 165 g/mol. The minimum absolute atomic E-state index is 0.386. The number of hydrogen-bond donors (Lipinski definition) is 1. The van der Waals surface area contributed by atoms with Crippen LogP contribution in [0.3, 0.4) is 0 Å². The molecule has 0 spiro atoms. The summed E-state index contributed by atoms with van der Waals surface area (Å²) in [5.41, 5.74) is 1.92. The summed E-state index contributed by atoms with van der Waals surface area (Å²) in [6.07, 6.45) is 0.00137. The zero-order valence-electron chi connectivity index (χ0n) is 8.18. The highest BCUT2D eigenvalue weighted by Crippen LogP contribution is 2.21. The normalized spacial score (nSPS) is 12.8. The van der Waals surface area contributed by atoms with E-state index < -0.39 is 6.17 Å². The molecular formula is C11H16FN. The van der Waals surface area contributed by atoms with Gasteiger partial charge in [-0.25, -0.2) is 4.39 Å². The lowest BCUT2D eigenvalue weighted by atomic mass is 10.0. The Morgan fingerprint density at radius 1 is 1.38 bits per heavy atom. The molecule has 72 valence electrons. The third kappa shape index (κ3) is 2.52. The number of hydrogen-bond acceptors (Lipinski definition) is 1. The van der Waals surface area contributed by atoms with Gasteiger partial charge in [0.25, 0.3) is 0 Å². The Morgan fingerprint density at radius 3 is 2.69 bits per heavy atom. The Bertz CT molecular complexity index is 260. The van der Waals surface area contributed by atoms with Crippen molar-refractivity contribution in [3.8, 4) is 0 Å². The van der Waals surface area contributed by atoms with Gasteiger partial charge in [-0.15, -0.1) is 0 Å². The Labute approximate surface area is 79.0 Å². The van der Waals surface area contributed by atoms with Gasteiger partial charge in [-0.3, -0.25) is 0 Å². The number of benzene rings is 1. The molecule has 0 aliphatic heterocycles. The molecule has 0 fully saturated rings. The van der Waals surface area contributed by atoms with Crippen LogP contribution in [0.4, 0.5) is 4.39 Å². The van der Waals surface area contributed by atoms with E-state index in [1.165, 1.54) is 0 Å². The lowest BCUT2D eigenvalue weighted by Gasteiger charge is -2.11. The van der Waals surface area contributed by atoms with Gasteiger partial charge in [-0.05, 0) is 24.6 Å². The molecule has 0 saturated heterocycles. The number of nitrogens with one attached hydrogen (secondary N) is 1. The fraction of sp³-hybridized carbons (Fsp3) is 0.455. The summed E-state index contributed by atoms with van der Waals surface area (Å²) in [4.78, 5) is 0.